The Bertz CT molecular complexity index is 262. The van der Waals surface area contributed by atoms with E-state index < -0.39 is 0 Å². The fourth-order valence-electron chi connectivity index (χ4n) is 0.983. The Morgan fingerprint density at radius 1 is 1.33 bits per heavy atom. The first-order chi connectivity index (χ1) is 5.63. The lowest BCUT2D eigenvalue weighted by molar-refractivity contribution is 0.386. The normalized spacial score (nSPS) is 13.4. The molecule has 1 aromatic rings. The summed E-state index contributed by atoms with van der Waals surface area (Å²) in [5.41, 5.74) is 1.03. The molecule has 0 aliphatic heterocycles. The van der Waals surface area contributed by atoms with Crippen LogP contribution in [0, 0.1) is 0 Å². The smallest absolute Gasteiger partial charge is 0.110 e. The van der Waals surface area contributed by atoms with Crippen molar-refractivity contribution >= 4 is 27.0 Å². The lowest BCUT2D eigenvalue weighted by Gasteiger charge is -2.19. The third-order valence-corrected chi connectivity index (χ3v) is 2.75. The molecule has 1 aromatic carbocycles. The van der Waals surface area contributed by atoms with Crippen LogP contribution in [0.15, 0.2) is 24.3 Å². The molecule has 1 atom stereocenters. The molecule has 0 heterocycles. The zero-order chi connectivity index (χ0) is 9.14. The summed E-state index contributed by atoms with van der Waals surface area (Å²) in [5.74, 6) is 0. The second-order valence-corrected chi connectivity index (χ2v) is 3.84. The molecule has 0 N–H and O–H groups in total. The number of rotatable bonds is 2. The highest BCUT2D eigenvalue weighted by Crippen LogP contribution is 2.19. The van der Waals surface area contributed by atoms with Crippen molar-refractivity contribution in [2.75, 3.05) is 14.1 Å². The van der Waals surface area contributed by atoms with Gasteiger partial charge >= 0.3 is 0 Å². The second-order valence-electron chi connectivity index (χ2n) is 2.89. The largest absolute Gasteiger partial charge is 0.290 e. The molecule has 3 radical (unpaired) electrons. The van der Waals surface area contributed by atoms with Crippen molar-refractivity contribution in [2.24, 2.45) is 0 Å². The first kappa shape index (κ1) is 9.77. The number of alkyl halides is 1. The zero-order valence-corrected chi connectivity index (χ0v) is 8.97. The standard InChI is InChI=1S/C9H11ClNSi/c1-11(2)9(10)7-5-3-4-6-8(7)12/h3-6,9H,1-2H3. The number of hydrogen-bond donors (Lipinski definition) is 0. The molecule has 1 nitrogen and oxygen atoms in total. The van der Waals surface area contributed by atoms with Crippen LogP contribution in [0.3, 0.4) is 0 Å². The third kappa shape index (κ3) is 2.09. The van der Waals surface area contributed by atoms with E-state index in [0.29, 0.717) is 0 Å². The van der Waals surface area contributed by atoms with E-state index in [-0.39, 0.29) is 5.50 Å². The number of halogens is 1. The minimum Gasteiger partial charge on any atom is -0.290 e. The predicted molar refractivity (Wildman–Crippen MR) is 54.1 cm³/mol. The molecule has 0 aliphatic carbocycles. The van der Waals surface area contributed by atoms with Crippen LogP contribution >= 0.6 is 11.6 Å². The van der Waals surface area contributed by atoms with Crippen LogP contribution in [0.25, 0.3) is 0 Å². The van der Waals surface area contributed by atoms with Crippen molar-refractivity contribution in [3.63, 3.8) is 0 Å². The van der Waals surface area contributed by atoms with Crippen LogP contribution in [0.4, 0.5) is 0 Å². The van der Waals surface area contributed by atoms with Crippen LogP contribution in [0.2, 0.25) is 0 Å². The molecular weight excluding hydrogens is 186 g/mol. The van der Waals surface area contributed by atoms with Gasteiger partial charge < -0.3 is 0 Å². The molecular formula is C9H11ClNSi. The molecule has 0 aromatic heterocycles. The first-order valence-corrected chi connectivity index (χ1v) is 4.67. The maximum absolute atomic E-state index is 6.14. The SMILES string of the molecule is CN(C)C(Cl)c1ccccc1[Si]. The summed E-state index contributed by atoms with van der Waals surface area (Å²) in [4.78, 5) is 1.96. The van der Waals surface area contributed by atoms with E-state index in [1.54, 1.807) is 0 Å². The van der Waals surface area contributed by atoms with Crippen LogP contribution in [0.1, 0.15) is 11.1 Å². The van der Waals surface area contributed by atoms with Crippen molar-refractivity contribution in [2.45, 2.75) is 5.50 Å². The molecule has 1 unspecified atom stereocenters. The van der Waals surface area contributed by atoms with E-state index in [9.17, 15) is 0 Å². The van der Waals surface area contributed by atoms with Gasteiger partial charge in [0.25, 0.3) is 0 Å². The van der Waals surface area contributed by atoms with E-state index >= 15 is 0 Å². The molecule has 0 saturated heterocycles. The summed E-state index contributed by atoms with van der Waals surface area (Å²) in [6.45, 7) is 0. The first-order valence-electron chi connectivity index (χ1n) is 3.74. The fourth-order valence-corrected chi connectivity index (χ4v) is 1.58. The minimum atomic E-state index is -0.0706. The van der Waals surface area contributed by atoms with Gasteiger partial charge in [-0.3, -0.25) is 4.90 Å². The average molecular weight is 197 g/mol. The molecule has 0 bridgehead atoms. The highest BCUT2D eigenvalue weighted by Gasteiger charge is 2.10. The monoisotopic (exact) mass is 196 g/mol. The Hall–Kier alpha value is -0.313. The van der Waals surface area contributed by atoms with Gasteiger partial charge in [0.1, 0.15) is 5.50 Å². The molecule has 12 heavy (non-hydrogen) atoms. The van der Waals surface area contributed by atoms with Crippen LogP contribution in [-0.2, 0) is 0 Å². The van der Waals surface area contributed by atoms with Crippen molar-refractivity contribution in [1.82, 2.24) is 4.90 Å². The van der Waals surface area contributed by atoms with Crippen LogP contribution < -0.4 is 5.19 Å². The van der Waals surface area contributed by atoms with Gasteiger partial charge in [0.2, 0.25) is 0 Å². The van der Waals surface area contributed by atoms with Gasteiger partial charge in [0.05, 0.1) is 10.2 Å². The van der Waals surface area contributed by atoms with Gasteiger partial charge in [-0.15, -0.1) is 11.6 Å². The van der Waals surface area contributed by atoms with E-state index in [1.807, 2.05) is 43.3 Å². The molecule has 0 amide bonds. The Labute approximate surface area is 81.8 Å². The number of nitrogens with zero attached hydrogens (tertiary/aromatic N) is 1. The molecule has 1 rings (SSSR count). The summed E-state index contributed by atoms with van der Waals surface area (Å²) >= 11 is 6.14. The Morgan fingerprint density at radius 3 is 2.42 bits per heavy atom. The van der Waals surface area contributed by atoms with E-state index in [1.165, 1.54) is 0 Å². The van der Waals surface area contributed by atoms with Gasteiger partial charge in [0, 0.05) is 0 Å². The lowest BCUT2D eigenvalue weighted by atomic mass is 10.2. The number of hydrogen-bond acceptors (Lipinski definition) is 1. The average Bonchev–Trinajstić information content (AvgIpc) is 2.04. The minimum absolute atomic E-state index is 0.0706. The highest BCUT2D eigenvalue weighted by molar-refractivity contribution is 6.34. The fraction of sp³-hybridized carbons (Fsp3) is 0.333. The lowest BCUT2D eigenvalue weighted by Crippen LogP contribution is -2.21. The van der Waals surface area contributed by atoms with Gasteiger partial charge in [-0.05, 0) is 19.7 Å². The van der Waals surface area contributed by atoms with Gasteiger partial charge in [-0.25, -0.2) is 0 Å². The van der Waals surface area contributed by atoms with Crippen molar-refractivity contribution < 1.29 is 0 Å². The molecule has 0 spiro atoms. The molecule has 0 aliphatic rings. The van der Waals surface area contributed by atoms with Gasteiger partial charge in [-0.1, -0.05) is 29.5 Å². The van der Waals surface area contributed by atoms with Crippen molar-refractivity contribution in [3.05, 3.63) is 29.8 Å². The van der Waals surface area contributed by atoms with Crippen molar-refractivity contribution in [1.29, 1.82) is 0 Å². The topological polar surface area (TPSA) is 3.24 Å². The summed E-state index contributed by atoms with van der Waals surface area (Å²) in [6, 6.07) is 7.97. The number of benzene rings is 1. The second kappa shape index (κ2) is 4.08. The quantitative estimate of drug-likeness (QED) is 0.392. The van der Waals surface area contributed by atoms with Crippen molar-refractivity contribution in [3.8, 4) is 0 Å². The third-order valence-electron chi connectivity index (χ3n) is 1.67. The maximum atomic E-state index is 6.14. The molecule has 63 valence electrons. The Morgan fingerprint density at radius 2 is 1.92 bits per heavy atom. The highest BCUT2D eigenvalue weighted by atomic mass is 35.5. The Balaban J connectivity index is 2.94. The van der Waals surface area contributed by atoms with E-state index in [0.717, 1.165) is 10.8 Å². The Kier molecular flexibility index (Phi) is 3.32. The predicted octanol–water partition coefficient (Wildman–Crippen LogP) is 1.28. The van der Waals surface area contributed by atoms with E-state index in [4.69, 9.17) is 11.6 Å². The molecule has 0 fully saturated rings. The van der Waals surface area contributed by atoms with Crippen LogP contribution in [0.5, 0.6) is 0 Å². The van der Waals surface area contributed by atoms with Crippen LogP contribution in [-0.4, -0.2) is 29.2 Å². The molecule has 0 saturated carbocycles. The summed E-state index contributed by atoms with van der Waals surface area (Å²) in [7, 11) is 7.41. The summed E-state index contributed by atoms with van der Waals surface area (Å²) in [6.07, 6.45) is 0. The zero-order valence-electron chi connectivity index (χ0n) is 7.21. The van der Waals surface area contributed by atoms with Gasteiger partial charge in [-0.2, -0.15) is 0 Å². The summed E-state index contributed by atoms with van der Waals surface area (Å²) < 4.78 is 0. The van der Waals surface area contributed by atoms with Gasteiger partial charge in [0.15, 0.2) is 0 Å². The maximum Gasteiger partial charge on any atom is 0.110 e. The van der Waals surface area contributed by atoms with E-state index in [2.05, 4.69) is 10.2 Å². The molecule has 3 heteroatoms. The summed E-state index contributed by atoms with van der Waals surface area (Å²) in [5, 5.41) is 1.05.